The van der Waals surface area contributed by atoms with Crippen LogP contribution < -0.4 is 15.5 Å². The molecule has 0 aromatic heterocycles. The Morgan fingerprint density at radius 1 is 1.22 bits per heavy atom. The second kappa shape index (κ2) is 9.61. The van der Waals surface area contributed by atoms with Crippen LogP contribution in [0.25, 0.3) is 0 Å². The van der Waals surface area contributed by atoms with Crippen LogP contribution in [0.5, 0.6) is 5.75 Å². The van der Waals surface area contributed by atoms with Gasteiger partial charge in [0.25, 0.3) is 0 Å². The Balaban J connectivity index is 1.46. The second-order valence-corrected chi connectivity index (χ2v) is 10.8. The maximum atomic E-state index is 12.1. The molecule has 1 aromatic rings. The van der Waals surface area contributed by atoms with E-state index in [0.29, 0.717) is 6.61 Å². The fraction of sp³-hybridized carbons (Fsp3) is 0.708. The highest BCUT2D eigenvalue weighted by Gasteiger charge is 2.51. The van der Waals surface area contributed by atoms with Crippen LogP contribution in [-0.2, 0) is 14.0 Å². The maximum Gasteiger partial charge on any atom is 0.494 e. The van der Waals surface area contributed by atoms with Gasteiger partial charge in [-0.1, -0.05) is 12.1 Å². The number of likely N-dealkylation sites (tertiary alicyclic amines) is 1. The molecule has 3 rings (SSSR count). The van der Waals surface area contributed by atoms with E-state index in [2.05, 4.69) is 37.9 Å². The third kappa shape index (κ3) is 6.62. The average molecular weight is 446 g/mol. The topological polar surface area (TPSA) is 69.3 Å². The van der Waals surface area contributed by atoms with Crippen molar-refractivity contribution >= 4 is 18.7 Å². The molecule has 32 heavy (non-hydrogen) atoms. The van der Waals surface area contributed by atoms with Crippen molar-refractivity contribution in [3.05, 3.63) is 24.3 Å². The molecule has 1 N–H and O–H groups in total. The lowest BCUT2D eigenvalue weighted by molar-refractivity contribution is 0.00578. The highest BCUT2D eigenvalue weighted by atomic mass is 16.7. The molecule has 2 heterocycles. The molecule has 0 unspecified atom stereocenters. The number of nitrogens with one attached hydrogen (secondary N) is 1. The Labute approximate surface area is 193 Å². The molecule has 8 heteroatoms. The Morgan fingerprint density at radius 2 is 1.91 bits per heavy atom. The van der Waals surface area contributed by atoms with E-state index in [4.69, 9.17) is 18.8 Å². The van der Waals surface area contributed by atoms with E-state index >= 15 is 0 Å². The largest absolute Gasteiger partial charge is 0.494 e. The molecular formula is C24H39BN2O5. The quantitative estimate of drug-likeness (QED) is 0.676. The van der Waals surface area contributed by atoms with Crippen LogP contribution in [0.1, 0.15) is 61.3 Å². The Kier molecular flexibility index (Phi) is 7.47. The molecule has 0 bridgehead atoms. The molecule has 2 aliphatic rings. The predicted molar refractivity (Wildman–Crippen MR) is 126 cm³/mol. The van der Waals surface area contributed by atoms with Crippen molar-refractivity contribution in [2.75, 3.05) is 26.2 Å². The van der Waals surface area contributed by atoms with Crippen molar-refractivity contribution in [2.45, 2.75) is 84.2 Å². The van der Waals surface area contributed by atoms with E-state index in [1.807, 2.05) is 45.0 Å². The van der Waals surface area contributed by atoms with E-state index in [-0.39, 0.29) is 23.3 Å². The summed E-state index contributed by atoms with van der Waals surface area (Å²) in [6, 6.07) is 8.03. The highest BCUT2D eigenvalue weighted by molar-refractivity contribution is 6.62. The molecule has 0 spiro atoms. The smallest absolute Gasteiger partial charge is 0.492 e. The first-order chi connectivity index (χ1) is 14.8. The van der Waals surface area contributed by atoms with Gasteiger partial charge < -0.3 is 24.1 Å². The van der Waals surface area contributed by atoms with Gasteiger partial charge in [-0.25, -0.2) is 4.79 Å². The number of carbonyl (C=O) groups excluding carboxylic acids is 1. The molecule has 2 saturated heterocycles. The lowest BCUT2D eigenvalue weighted by Crippen LogP contribution is -2.49. The Bertz CT molecular complexity index is 777. The van der Waals surface area contributed by atoms with E-state index in [1.165, 1.54) is 0 Å². The van der Waals surface area contributed by atoms with Crippen molar-refractivity contribution in [3.63, 3.8) is 0 Å². The van der Waals surface area contributed by atoms with Gasteiger partial charge in [-0.2, -0.15) is 0 Å². The fourth-order valence-electron chi connectivity index (χ4n) is 3.87. The van der Waals surface area contributed by atoms with Crippen LogP contribution in [0.3, 0.4) is 0 Å². The summed E-state index contributed by atoms with van der Waals surface area (Å²) in [5.41, 5.74) is -0.263. The van der Waals surface area contributed by atoms with Crippen LogP contribution >= 0.6 is 0 Å². The fourth-order valence-corrected chi connectivity index (χ4v) is 3.87. The van der Waals surface area contributed by atoms with Crippen LogP contribution in [0.2, 0.25) is 0 Å². The number of benzene rings is 1. The van der Waals surface area contributed by atoms with Gasteiger partial charge in [0.1, 0.15) is 18.0 Å². The molecule has 0 radical (unpaired) electrons. The van der Waals surface area contributed by atoms with E-state index in [1.54, 1.807) is 0 Å². The Hall–Kier alpha value is -1.77. The molecule has 7 nitrogen and oxygen atoms in total. The minimum absolute atomic E-state index is 0.102. The number of alkyl carbamates (subject to hydrolysis) is 1. The van der Waals surface area contributed by atoms with Crippen LogP contribution in [-0.4, -0.2) is 67.2 Å². The summed E-state index contributed by atoms with van der Waals surface area (Å²) in [7, 11) is -0.398. The summed E-state index contributed by atoms with van der Waals surface area (Å²) >= 11 is 0. The summed E-state index contributed by atoms with van der Waals surface area (Å²) < 4.78 is 23.7. The lowest BCUT2D eigenvalue weighted by Gasteiger charge is -2.33. The summed E-state index contributed by atoms with van der Waals surface area (Å²) in [4.78, 5) is 14.4. The standard InChI is InChI=1S/C24H39BN2O5/c1-22(2,3)30-21(28)26-19-11-9-13-27(17-19)14-15-29-20-12-8-10-18(16-20)25-31-23(4,5)24(6,7)32-25/h8,10,12,16,19H,9,11,13-15,17H2,1-7H3,(H,26,28)/t19-/m0/s1. The van der Waals surface area contributed by atoms with Gasteiger partial charge in [-0.05, 0) is 85.4 Å². The highest BCUT2D eigenvalue weighted by Crippen LogP contribution is 2.36. The summed E-state index contributed by atoms with van der Waals surface area (Å²) in [5, 5.41) is 2.99. The number of amides is 1. The van der Waals surface area contributed by atoms with E-state index < -0.39 is 12.7 Å². The summed E-state index contributed by atoms with van der Waals surface area (Å²) in [5.74, 6) is 0.803. The minimum Gasteiger partial charge on any atom is -0.492 e. The number of hydrogen-bond donors (Lipinski definition) is 1. The molecule has 178 valence electrons. The first-order valence-corrected chi connectivity index (χ1v) is 11.6. The number of carbonyl (C=O) groups is 1. The molecular weight excluding hydrogens is 407 g/mol. The van der Waals surface area contributed by atoms with Crippen LogP contribution in [0.15, 0.2) is 24.3 Å². The second-order valence-electron chi connectivity index (χ2n) is 10.8. The molecule has 2 fully saturated rings. The molecule has 1 aromatic carbocycles. The molecule has 1 amide bonds. The van der Waals surface area contributed by atoms with Crippen LogP contribution in [0, 0.1) is 0 Å². The average Bonchev–Trinajstić information content (AvgIpc) is 2.88. The Morgan fingerprint density at radius 3 is 2.56 bits per heavy atom. The minimum atomic E-state index is -0.485. The van der Waals surface area contributed by atoms with Gasteiger partial charge >= 0.3 is 13.2 Å². The van der Waals surface area contributed by atoms with Crippen molar-refractivity contribution in [1.29, 1.82) is 0 Å². The van der Waals surface area contributed by atoms with Gasteiger partial charge in [0.2, 0.25) is 0 Å². The van der Waals surface area contributed by atoms with Gasteiger partial charge in [0.05, 0.1) is 11.2 Å². The number of ether oxygens (including phenoxy) is 2. The zero-order valence-corrected chi connectivity index (χ0v) is 20.7. The van der Waals surface area contributed by atoms with E-state index in [0.717, 1.165) is 43.7 Å². The monoisotopic (exact) mass is 446 g/mol. The number of hydrogen-bond acceptors (Lipinski definition) is 6. The zero-order valence-electron chi connectivity index (χ0n) is 20.7. The molecule has 0 aliphatic carbocycles. The summed E-state index contributed by atoms with van der Waals surface area (Å²) in [6.07, 6.45) is 1.66. The maximum absolute atomic E-state index is 12.1. The first kappa shape index (κ1) is 24.9. The third-order valence-electron chi connectivity index (χ3n) is 6.29. The predicted octanol–water partition coefficient (Wildman–Crippen LogP) is 3.35. The van der Waals surface area contributed by atoms with Gasteiger partial charge in [0, 0.05) is 19.1 Å². The van der Waals surface area contributed by atoms with E-state index in [9.17, 15) is 4.79 Å². The van der Waals surface area contributed by atoms with Gasteiger partial charge in [-0.3, -0.25) is 4.90 Å². The number of piperidine rings is 1. The van der Waals surface area contributed by atoms with Crippen molar-refractivity contribution in [1.82, 2.24) is 10.2 Å². The molecule has 0 saturated carbocycles. The van der Waals surface area contributed by atoms with Gasteiger partial charge in [0.15, 0.2) is 0 Å². The van der Waals surface area contributed by atoms with Crippen molar-refractivity contribution < 1.29 is 23.6 Å². The molecule has 1 atom stereocenters. The number of nitrogens with zero attached hydrogens (tertiary/aromatic N) is 1. The normalized spacial score (nSPS) is 23.1. The zero-order chi connectivity index (χ0) is 23.6. The van der Waals surface area contributed by atoms with Crippen LogP contribution in [0.4, 0.5) is 4.79 Å². The van der Waals surface area contributed by atoms with Gasteiger partial charge in [-0.15, -0.1) is 0 Å². The first-order valence-electron chi connectivity index (χ1n) is 11.6. The summed E-state index contributed by atoms with van der Waals surface area (Å²) in [6.45, 7) is 17.0. The molecule has 2 aliphatic heterocycles. The lowest BCUT2D eigenvalue weighted by atomic mass is 9.79. The van der Waals surface area contributed by atoms with Crippen molar-refractivity contribution in [3.8, 4) is 5.75 Å². The number of rotatable bonds is 6. The third-order valence-corrected chi connectivity index (χ3v) is 6.29. The SMILES string of the molecule is CC(C)(C)OC(=O)N[C@H]1CCCN(CCOc2cccc(B3OC(C)(C)C(C)(C)O3)c2)C1. The van der Waals surface area contributed by atoms with Crippen molar-refractivity contribution in [2.24, 2.45) is 0 Å².